The molecule has 1 saturated carbocycles. The fraction of sp³-hybridized carbons (Fsp3) is 0.500. The summed E-state index contributed by atoms with van der Waals surface area (Å²) in [6.07, 6.45) is 4.88. The normalized spacial score (nSPS) is 15.2. The van der Waals surface area contributed by atoms with Gasteiger partial charge in [0.2, 0.25) is 0 Å². The van der Waals surface area contributed by atoms with Crippen LogP contribution in [0.15, 0.2) is 22.6 Å². The average molecular weight is 245 g/mol. The summed E-state index contributed by atoms with van der Waals surface area (Å²) in [4.78, 5) is 6.88. The Kier molecular flexibility index (Phi) is 2.86. The Balaban J connectivity index is 1.90. The maximum absolute atomic E-state index is 5.84. The van der Waals surface area contributed by atoms with Crippen molar-refractivity contribution in [3.8, 4) is 0 Å². The van der Waals surface area contributed by atoms with Gasteiger partial charge in [-0.3, -0.25) is 0 Å². The number of unbranched alkanes of at least 4 members (excludes halogenated alkanes) is 1. The quantitative estimate of drug-likeness (QED) is 0.822. The number of hydrogen-bond acceptors (Lipinski definition) is 4. The standard InChI is InChI=1S/C14H19N3O/c1-2-3-8-17(11-5-6-11)14-16-12-7-4-10(15)9-13(12)18-14/h4,7,9,11H,2-3,5-6,8,15H2,1H3. The van der Waals surface area contributed by atoms with E-state index in [0.717, 1.165) is 29.3 Å². The lowest BCUT2D eigenvalue weighted by Crippen LogP contribution is -2.26. The van der Waals surface area contributed by atoms with Crippen molar-refractivity contribution in [3.63, 3.8) is 0 Å². The minimum atomic E-state index is 0.627. The summed E-state index contributed by atoms with van der Waals surface area (Å²) in [6.45, 7) is 3.24. The Labute approximate surface area is 107 Å². The Bertz CT molecular complexity index is 545. The zero-order chi connectivity index (χ0) is 12.5. The van der Waals surface area contributed by atoms with Crippen molar-refractivity contribution in [2.45, 2.75) is 38.6 Å². The molecule has 2 N–H and O–H groups in total. The predicted molar refractivity (Wildman–Crippen MR) is 73.7 cm³/mol. The Morgan fingerprint density at radius 2 is 2.28 bits per heavy atom. The highest BCUT2D eigenvalue weighted by atomic mass is 16.4. The second kappa shape index (κ2) is 4.52. The van der Waals surface area contributed by atoms with Crippen LogP contribution in [0, 0.1) is 0 Å². The molecule has 1 aliphatic rings. The number of benzene rings is 1. The highest BCUT2D eigenvalue weighted by Crippen LogP contribution is 2.33. The van der Waals surface area contributed by atoms with Crippen LogP contribution in [0.5, 0.6) is 0 Å². The molecule has 0 spiro atoms. The van der Waals surface area contributed by atoms with Crippen LogP contribution in [0.3, 0.4) is 0 Å². The number of oxazole rings is 1. The van der Waals surface area contributed by atoms with E-state index in [1.54, 1.807) is 0 Å². The molecule has 4 nitrogen and oxygen atoms in total. The van der Waals surface area contributed by atoms with Crippen LogP contribution in [0.25, 0.3) is 11.1 Å². The second-order valence-electron chi connectivity index (χ2n) is 5.00. The first kappa shape index (κ1) is 11.4. The van der Waals surface area contributed by atoms with Crippen LogP contribution < -0.4 is 10.6 Å². The number of aromatic nitrogens is 1. The van der Waals surface area contributed by atoms with E-state index in [0.29, 0.717) is 6.04 Å². The first-order valence-corrected chi connectivity index (χ1v) is 6.70. The minimum absolute atomic E-state index is 0.627. The molecule has 1 aromatic carbocycles. The number of anilines is 2. The summed E-state index contributed by atoms with van der Waals surface area (Å²) in [5.74, 6) is 0. The Morgan fingerprint density at radius 3 is 3.00 bits per heavy atom. The smallest absolute Gasteiger partial charge is 0.298 e. The fourth-order valence-electron chi connectivity index (χ4n) is 2.20. The zero-order valence-corrected chi connectivity index (χ0v) is 10.7. The molecule has 1 heterocycles. The Morgan fingerprint density at radius 1 is 1.44 bits per heavy atom. The van der Waals surface area contributed by atoms with Gasteiger partial charge in [-0.15, -0.1) is 0 Å². The summed E-state index contributed by atoms with van der Waals surface area (Å²) in [5, 5.41) is 0. The number of fused-ring (bicyclic) bond motifs is 1. The number of rotatable bonds is 5. The monoisotopic (exact) mass is 245 g/mol. The van der Waals surface area contributed by atoms with E-state index < -0.39 is 0 Å². The van der Waals surface area contributed by atoms with E-state index in [1.165, 1.54) is 25.7 Å². The van der Waals surface area contributed by atoms with Gasteiger partial charge in [-0.05, 0) is 31.4 Å². The van der Waals surface area contributed by atoms with Gasteiger partial charge >= 0.3 is 0 Å². The van der Waals surface area contributed by atoms with E-state index in [1.807, 2.05) is 18.2 Å². The maximum Gasteiger partial charge on any atom is 0.298 e. The molecule has 96 valence electrons. The van der Waals surface area contributed by atoms with Gasteiger partial charge in [0.05, 0.1) is 0 Å². The van der Waals surface area contributed by atoms with E-state index in [4.69, 9.17) is 10.2 Å². The molecule has 0 unspecified atom stereocenters. The molecule has 0 amide bonds. The molecule has 1 fully saturated rings. The number of nitrogens with zero attached hydrogens (tertiary/aromatic N) is 2. The maximum atomic E-state index is 5.84. The molecular weight excluding hydrogens is 226 g/mol. The van der Waals surface area contributed by atoms with Gasteiger partial charge in [-0.25, -0.2) is 0 Å². The summed E-state index contributed by atoms with van der Waals surface area (Å²) >= 11 is 0. The van der Waals surface area contributed by atoms with Crippen molar-refractivity contribution >= 4 is 22.8 Å². The third-order valence-electron chi connectivity index (χ3n) is 3.39. The van der Waals surface area contributed by atoms with Crippen LogP contribution in [0.2, 0.25) is 0 Å². The molecule has 0 bridgehead atoms. The van der Waals surface area contributed by atoms with E-state index in [-0.39, 0.29) is 0 Å². The first-order valence-electron chi connectivity index (χ1n) is 6.70. The molecule has 1 aromatic heterocycles. The molecule has 1 aliphatic carbocycles. The van der Waals surface area contributed by atoms with Crippen molar-refractivity contribution in [1.82, 2.24) is 4.98 Å². The van der Waals surface area contributed by atoms with Crippen molar-refractivity contribution in [1.29, 1.82) is 0 Å². The molecule has 0 aliphatic heterocycles. The van der Waals surface area contributed by atoms with Crippen LogP contribution >= 0.6 is 0 Å². The minimum Gasteiger partial charge on any atom is -0.423 e. The summed E-state index contributed by atoms with van der Waals surface area (Å²) in [7, 11) is 0. The average Bonchev–Trinajstić information content (AvgIpc) is 3.10. The van der Waals surface area contributed by atoms with Crippen LogP contribution in [0.4, 0.5) is 11.7 Å². The van der Waals surface area contributed by atoms with Crippen LogP contribution in [-0.2, 0) is 0 Å². The lowest BCUT2D eigenvalue weighted by atomic mass is 10.3. The Hall–Kier alpha value is -1.71. The molecule has 18 heavy (non-hydrogen) atoms. The summed E-state index contributed by atoms with van der Waals surface area (Å²) in [5.41, 5.74) is 8.15. The molecule has 3 rings (SSSR count). The highest BCUT2D eigenvalue weighted by Gasteiger charge is 2.31. The topological polar surface area (TPSA) is 55.3 Å². The van der Waals surface area contributed by atoms with Crippen molar-refractivity contribution in [2.75, 3.05) is 17.2 Å². The van der Waals surface area contributed by atoms with Gasteiger partial charge in [0, 0.05) is 24.3 Å². The zero-order valence-electron chi connectivity index (χ0n) is 10.7. The van der Waals surface area contributed by atoms with E-state index in [2.05, 4.69) is 16.8 Å². The third kappa shape index (κ3) is 2.15. The van der Waals surface area contributed by atoms with Crippen LogP contribution in [0.1, 0.15) is 32.6 Å². The van der Waals surface area contributed by atoms with Gasteiger partial charge in [0.1, 0.15) is 5.52 Å². The van der Waals surface area contributed by atoms with Gasteiger partial charge in [0.25, 0.3) is 6.01 Å². The number of hydrogen-bond donors (Lipinski definition) is 1. The third-order valence-corrected chi connectivity index (χ3v) is 3.39. The molecule has 2 aromatic rings. The summed E-state index contributed by atoms with van der Waals surface area (Å²) in [6, 6.07) is 7.01. The van der Waals surface area contributed by atoms with Gasteiger partial charge in [-0.1, -0.05) is 13.3 Å². The molecular formula is C14H19N3O. The number of nitrogen functional groups attached to an aromatic ring is 1. The van der Waals surface area contributed by atoms with Crippen molar-refractivity contribution in [3.05, 3.63) is 18.2 Å². The SMILES string of the molecule is CCCCN(c1nc2ccc(N)cc2o1)C1CC1. The van der Waals surface area contributed by atoms with Crippen molar-refractivity contribution in [2.24, 2.45) is 0 Å². The van der Waals surface area contributed by atoms with Crippen LogP contribution in [-0.4, -0.2) is 17.6 Å². The predicted octanol–water partition coefficient (Wildman–Crippen LogP) is 3.18. The second-order valence-corrected chi connectivity index (χ2v) is 5.00. The molecule has 0 saturated heterocycles. The highest BCUT2D eigenvalue weighted by molar-refractivity contribution is 5.78. The van der Waals surface area contributed by atoms with E-state index >= 15 is 0 Å². The lowest BCUT2D eigenvalue weighted by molar-refractivity contribution is 0.555. The molecule has 4 heteroatoms. The molecule has 0 radical (unpaired) electrons. The first-order chi connectivity index (χ1) is 8.78. The number of nitrogens with two attached hydrogens (primary N) is 1. The van der Waals surface area contributed by atoms with Gasteiger partial charge in [-0.2, -0.15) is 4.98 Å². The van der Waals surface area contributed by atoms with E-state index in [9.17, 15) is 0 Å². The van der Waals surface area contributed by atoms with Gasteiger partial charge < -0.3 is 15.1 Å². The fourth-order valence-corrected chi connectivity index (χ4v) is 2.20. The summed E-state index contributed by atoms with van der Waals surface area (Å²) < 4.78 is 5.84. The lowest BCUT2D eigenvalue weighted by Gasteiger charge is -2.19. The van der Waals surface area contributed by atoms with Crippen molar-refractivity contribution < 1.29 is 4.42 Å². The van der Waals surface area contributed by atoms with Gasteiger partial charge in [0.15, 0.2) is 5.58 Å². The molecule has 0 atom stereocenters. The largest absolute Gasteiger partial charge is 0.423 e.